The van der Waals surface area contributed by atoms with Crippen molar-refractivity contribution in [2.24, 2.45) is 0 Å². The van der Waals surface area contributed by atoms with Gasteiger partial charge >= 0.3 is 5.97 Å². The number of hydrogen-bond donors (Lipinski definition) is 0. The van der Waals surface area contributed by atoms with Crippen molar-refractivity contribution in [3.63, 3.8) is 0 Å². The first-order chi connectivity index (χ1) is 33.8. The van der Waals surface area contributed by atoms with E-state index in [0.717, 1.165) is 13.1 Å². The third kappa shape index (κ3) is 1.31. The van der Waals surface area contributed by atoms with Gasteiger partial charge in [-0.1, -0.05) is 0 Å². The number of hydrogen-bond acceptors (Lipinski definition) is 3. The minimum absolute atomic E-state index is 0.0847. The van der Waals surface area contributed by atoms with Crippen LogP contribution >= 0.6 is 0 Å². The van der Waals surface area contributed by atoms with Crippen LogP contribution in [0, 0.1) is 0 Å². The van der Waals surface area contributed by atoms with Crippen LogP contribution < -0.4 is 0 Å². The Morgan fingerprint density at radius 2 is 0.529 bits per heavy atom. The van der Waals surface area contributed by atoms with E-state index in [1.54, 1.807) is 310 Å². The van der Waals surface area contributed by atoms with E-state index in [1.807, 2.05) is 0 Å². The fourth-order valence-electron chi connectivity index (χ4n) is 26.0. The minimum atomic E-state index is -0.207. The summed E-state index contributed by atoms with van der Waals surface area (Å²) in [4.78, 5) is 16.6. The van der Waals surface area contributed by atoms with Gasteiger partial charge in [-0.05, 0) is 303 Å². The lowest BCUT2D eigenvalue weighted by Crippen LogP contribution is -2.57. The number of ether oxygens (including phenoxy) is 1. The van der Waals surface area contributed by atoms with Crippen molar-refractivity contribution in [1.82, 2.24) is 4.90 Å². The van der Waals surface area contributed by atoms with Crippen LogP contribution in [0.25, 0.3) is 269 Å². The van der Waals surface area contributed by atoms with Gasteiger partial charge in [0.05, 0.1) is 13.7 Å². The molecule has 3 heteroatoms. The van der Waals surface area contributed by atoms with Crippen molar-refractivity contribution in [3.05, 3.63) is 33.4 Å². The molecule has 4 atom stereocenters. The Balaban J connectivity index is 1.18. The summed E-state index contributed by atoms with van der Waals surface area (Å²) in [6.07, 6.45) is 0. The number of rotatable bonds is 2. The Morgan fingerprint density at radius 3 is 0.794 bits per heavy atom. The number of likely N-dealkylation sites (tertiary alicyclic amines) is 1. The van der Waals surface area contributed by atoms with E-state index >= 15 is 0 Å². The van der Waals surface area contributed by atoms with E-state index in [-0.39, 0.29) is 28.6 Å². The van der Waals surface area contributed by atoms with Crippen molar-refractivity contribution in [3.8, 4) is 0 Å². The van der Waals surface area contributed by atoms with Gasteiger partial charge in [-0.25, -0.2) is 0 Å². The molecule has 1 aliphatic heterocycles. The van der Waals surface area contributed by atoms with Crippen LogP contribution in [0.3, 0.4) is 0 Å². The van der Waals surface area contributed by atoms with Crippen LogP contribution in [-0.4, -0.2) is 37.6 Å². The van der Waals surface area contributed by atoms with Crippen molar-refractivity contribution in [1.29, 1.82) is 0 Å². The van der Waals surface area contributed by atoms with Crippen LogP contribution in [0.2, 0.25) is 0 Å². The molecule has 3 nitrogen and oxygen atoms in total. The molecule has 26 aromatic rings. The van der Waals surface area contributed by atoms with Crippen molar-refractivity contribution < 1.29 is 9.53 Å². The van der Waals surface area contributed by atoms with Gasteiger partial charge in [0.15, 0.2) is 0 Å². The number of carbonyl (C=O) groups excluding carboxylic acids is 1. The first kappa shape index (κ1) is 25.3. The molecule has 0 bridgehead atoms. The van der Waals surface area contributed by atoms with Gasteiger partial charge in [-0.3, -0.25) is 9.69 Å². The Kier molecular flexibility index (Phi) is 2.10. The monoisotopic (exact) mass is 837 g/mol. The van der Waals surface area contributed by atoms with E-state index in [0.29, 0.717) is 6.54 Å². The molecule has 6 aliphatic carbocycles. The van der Waals surface area contributed by atoms with Gasteiger partial charge in [-0.2, -0.15) is 0 Å². The normalized spacial score (nSPS) is 25.8. The van der Waals surface area contributed by atoms with Gasteiger partial charge in [0, 0.05) is 35.8 Å². The highest BCUT2D eigenvalue weighted by molar-refractivity contribution is 6.80. The molecule has 33 rings (SSSR count). The van der Waals surface area contributed by atoms with Gasteiger partial charge in [0.1, 0.15) is 0 Å². The van der Waals surface area contributed by atoms with Gasteiger partial charge < -0.3 is 4.74 Å². The highest BCUT2D eigenvalue weighted by Crippen LogP contribution is 2.88. The summed E-state index contributed by atoms with van der Waals surface area (Å²) in [7, 11) is 1.61. The molecule has 0 saturated carbocycles. The largest absolute Gasteiger partial charge is 0.468 e. The quantitative estimate of drug-likeness (QED) is 0.128. The second kappa shape index (κ2) is 5.65. The molecule has 4 unspecified atom stereocenters. The maximum absolute atomic E-state index is 13.9. The summed E-state index contributed by atoms with van der Waals surface area (Å²) in [5.41, 5.74) is 10.0. The van der Waals surface area contributed by atoms with Crippen LogP contribution in [0.1, 0.15) is 45.2 Å². The lowest BCUT2D eigenvalue weighted by molar-refractivity contribution is -0.141. The number of nitrogens with zero attached hydrogens (tertiary/aromatic N) is 1. The molecule has 0 N–H and O–H groups in total. The summed E-state index contributed by atoms with van der Waals surface area (Å²) < 4.78 is 5.66. The van der Waals surface area contributed by atoms with Crippen LogP contribution in [0.5, 0.6) is 0 Å². The smallest absolute Gasteiger partial charge is 0.319 e. The summed E-state index contributed by atoms with van der Waals surface area (Å²) >= 11 is 0. The van der Waals surface area contributed by atoms with E-state index in [1.165, 1.54) is 0 Å². The van der Waals surface area contributed by atoms with Crippen molar-refractivity contribution in [2.45, 2.75) is 22.7 Å². The molecular formula is C65H11NO2. The maximum atomic E-state index is 13.9. The van der Waals surface area contributed by atoms with Gasteiger partial charge in [0.25, 0.3) is 0 Å². The standard InChI is InChI=1S/C65H11NO2/c1-68-5(67)2-66-3-64-60-52-44-34-24-16-8-6-7-10-14-12(8)20-28-22(14)32-26-18(10)19-11(7)15-13-9(6)17(16)25-31-21(13)29-23(15)33-27(19)37-36(26)46-40(32)50-42(28)48(38(44)30(20)24)56(60)58(50)62-54(46)55-47(37)41(33)51-43(29)49-39(31)45(35(25)34)53(52)61(64)57(49)59(51)63(55)65(62,64)4-66/h60,62H,2-4H2,1H3. The zero-order valence-electron chi connectivity index (χ0n) is 35.0. The van der Waals surface area contributed by atoms with Gasteiger partial charge in [-0.15, -0.1) is 0 Å². The van der Waals surface area contributed by atoms with E-state index < -0.39 is 0 Å². The van der Waals surface area contributed by atoms with Gasteiger partial charge in [0.2, 0.25) is 0 Å². The average Bonchev–Trinajstić information content (AvgIpc) is 4.21. The summed E-state index contributed by atoms with van der Waals surface area (Å²) in [6, 6.07) is 0. The minimum Gasteiger partial charge on any atom is -0.468 e. The molecule has 288 valence electrons. The molecule has 26 aromatic carbocycles. The third-order valence-corrected chi connectivity index (χ3v) is 25.8. The number of methoxy groups -OCH3 is 1. The molecule has 1 heterocycles. The summed E-state index contributed by atoms with van der Waals surface area (Å²) in [5.74, 6) is 0.431. The van der Waals surface area contributed by atoms with E-state index in [4.69, 9.17) is 4.74 Å². The SMILES string of the molecule is COC(=O)CN1CC23c4c5c6c7c8c9c(c%10c%11c%12c%13c%14c%15c(c%16c4c4c%17c5c5c7c7c8c8c(c9%11)c9c%12c%11c%13c%12c%15c%13c%16c4c4c%15c%17c5c5c7c7c8c9c8c%11c9c%12c%13c4c4c%15c5c7c8c94)C2(C1)C%10%14)C63. The lowest BCUT2D eigenvalue weighted by atomic mass is 9.44. The zero-order chi connectivity index (χ0) is 40.5. The third-order valence-electron chi connectivity index (χ3n) is 25.8. The second-order valence-electron chi connectivity index (χ2n) is 25.7. The lowest BCUT2D eigenvalue weighted by Gasteiger charge is -2.56. The fourth-order valence-corrected chi connectivity index (χ4v) is 26.0. The van der Waals surface area contributed by atoms with Crippen molar-refractivity contribution >= 4 is 275 Å². The Bertz CT molecular complexity index is 6760. The molecule has 0 radical (unpaired) electrons. The van der Waals surface area contributed by atoms with Crippen molar-refractivity contribution in [2.75, 3.05) is 26.7 Å². The summed E-state index contributed by atoms with van der Waals surface area (Å²) in [5, 5.41) is 82.6. The zero-order valence-corrected chi connectivity index (χ0v) is 35.0. The first-order valence-electron chi connectivity index (χ1n) is 25.6. The average molecular weight is 838 g/mol. The Morgan fingerprint density at radius 1 is 0.324 bits per heavy atom. The van der Waals surface area contributed by atoms with E-state index in [9.17, 15) is 4.79 Å². The molecule has 0 aromatic heterocycles. The van der Waals surface area contributed by atoms with E-state index in [2.05, 4.69) is 4.90 Å². The molecule has 7 aliphatic rings. The highest BCUT2D eigenvalue weighted by Gasteiger charge is 2.78. The predicted molar refractivity (Wildman–Crippen MR) is 279 cm³/mol. The predicted octanol–water partition coefficient (Wildman–Crippen LogP) is 15.4. The van der Waals surface area contributed by atoms with Crippen LogP contribution in [0.15, 0.2) is 0 Å². The first-order valence-corrected chi connectivity index (χ1v) is 25.6. The molecule has 1 fully saturated rings. The number of esters is 1. The summed E-state index contributed by atoms with van der Waals surface area (Å²) in [6.45, 7) is 2.20. The molecule has 68 heavy (non-hydrogen) atoms. The second-order valence-corrected chi connectivity index (χ2v) is 25.7. The molecule has 0 amide bonds. The Labute approximate surface area is 370 Å². The molecule has 2 spiro atoms. The fraction of sp³-hybridized carbons (Fsp3) is 0.123. The number of benzene rings is 16. The van der Waals surface area contributed by atoms with Crippen LogP contribution in [-0.2, 0) is 20.4 Å². The topological polar surface area (TPSA) is 29.5 Å². The van der Waals surface area contributed by atoms with Crippen LogP contribution in [0.4, 0.5) is 0 Å². The Hall–Kier alpha value is -7.85. The molecular weight excluding hydrogens is 827 g/mol. The number of carbonyl (C=O) groups is 1. The highest BCUT2D eigenvalue weighted by atomic mass is 16.5. The molecule has 1 saturated heterocycles. The maximum Gasteiger partial charge on any atom is 0.319 e.